The predicted molar refractivity (Wildman–Crippen MR) is 106 cm³/mol. The molecule has 3 aliphatic rings. The lowest BCUT2D eigenvalue weighted by atomic mass is 9.40. The first-order chi connectivity index (χ1) is 14.8. The number of rotatable bonds is 5. The van der Waals surface area contributed by atoms with Gasteiger partial charge in [-0.15, -0.1) is 0 Å². The lowest BCUT2D eigenvalue weighted by Gasteiger charge is -2.66. The Labute approximate surface area is 175 Å². The SMILES string of the molecule is Cc1nc2nc(NC34CC(C#N)(C3)C4)nc(Oc3c(F)cc(/C=C/C#N)cc3F)c2[nH]1. The van der Waals surface area contributed by atoms with Crippen LogP contribution in [-0.4, -0.2) is 25.5 Å². The maximum atomic E-state index is 14.6. The number of aryl methyl sites for hydroxylation is 1. The Bertz CT molecular complexity index is 1310. The van der Waals surface area contributed by atoms with Crippen LogP contribution in [0.3, 0.4) is 0 Å². The monoisotopic (exact) mass is 419 g/mol. The minimum absolute atomic E-state index is 0.0761. The zero-order chi connectivity index (χ0) is 21.8. The van der Waals surface area contributed by atoms with Crippen LogP contribution in [0.25, 0.3) is 17.2 Å². The van der Waals surface area contributed by atoms with E-state index in [2.05, 4.69) is 31.3 Å². The van der Waals surface area contributed by atoms with Crippen molar-refractivity contribution < 1.29 is 13.5 Å². The largest absolute Gasteiger partial charge is 0.431 e. The van der Waals surface area contributed by atoms with Crippen molar-refractivity contribution in [3.05, 3.63) is 41.2 Å². The molecule has 2 aromatic heterocycles. The number of nitrogens with one attached hydrogen (secondary N) is 2. The van der Waals surface area contributed by atoms with Crippen LogP contribution in [0, 0.1) is 46.6 Å². The topological polar surface area (TPSA) is 123 Å². The number of fused-ring (bicyclic) bond motifs is 1. The van der Waals surface area contributed by atoms with Gasteiger partial charge in [-0.05, 0) is 50.0 Å². The molecule has 154 valence electrons. The molecule has 2 N–H and O–H groups in total. The number of hydrogen-bond acceptors (Lipinski definition) is 7. The second-order valence-corrected chi connectivity index (χ2v) is 8.08. The molecule has 0 atom stereocenters. The molecule has 3 aromatic rings. The van der Waals surface area contributed by atoms with Crippen molar-refractivity contribution in [3.63, 3.8) is 0 Å². The van der Waals surface area contributed by atoms with E-state index in [1.807, 2.05) is 0 Å². The first-order valence-electron chi connectivity index (χ1n) is 9.51. The average Bonchev–Trinajstić information content (AvgIpc) is 3.04. The molecule has 6 rings (SSSR count). The van der Waals surface area contributed by atoms with Crippen molar-refractivity contribution in [2.45, 2.75) is 31.7 Å². The number of nitrogens with zero attached hydrogens (tertiary/aromatic N) is 5. The van der Waals surface area contributed by atoms with Crippen LogP contribution in [0.1, 0.15) is 30.7 Å². The van der Waals surface area contributed by atoms with Gasteiger partial charge in [0.1, 0.15) is 11.3 Å². The standard InChI is InChI=1S/C21H15F2N7O/c1-11-26-15-17(27-11)28-19(30-21-7-20(8-21,9-21)10-25)29-18(15)31-16-13(22)5-12(3-2-4-24)6-14(16)23/h2-3,5-6H,7-9H2,1H3,(H2,26,27,28,29,30)/b3-2+. The molecular formula is C21H15F2N7O. The van der Waals surface area contributed by atoms with E-state index in [9.17, 15) is 14.0 Å². The van der Waals surface area contributed by atoms with E-state index < -0.39 is 17.4 Å². The van der Waals surface area contributed by atoms with Crippen molar-refractivity contribution >= 4 is 23.2 Å². The van der Waals surface area contributed by atoms with Crippen molar-refractivity contribution in [3.8, 4) is 23.8 Å². The Morgan fingerprint density at radius 3 is 2.52 bits per heavy atom. The minimum Gasteiger partial charge on any atom is -0.431 e. The summed E-state index contributed by atoms with van der Waals surface area (Å²) < 4.78 is 34.6. The number of aromatic nitrogens is 4. The third-order valence-electron chi connectivity index (χ3n) is 5.65. The lowest BCUT2D eigenvalue weighted by Crippen LogP contribution is -2.70. The Morgan fingerprint density at radius 1 is 1.16 bits per heavy atom. The van der Waals surface area contributed by atoms with E-state index >= 15 is 0 Å². The summed E-state index contributed by atoms with van der Waals surface area (Å²) in [5.74, 6) is -1.82. The van der Waals surface area contributed by atoms with Crippen LogP contribution in [0.15, 0.2) is 18.2 Å². The molecule has 31 heavy (non-hydrogen) atoms. The van der Waals surface area contributed by atoms with Gasteiger partial charge in [-0.2, -0.15) is 20.5 Å². The molecule has 3 aliphatic carbocycles. The maximum Gasteiger partial charge on any atom is 0.250 e. The van der Waals surface area contributed by atoms with Crippen LogP contribution >= 0.6 is 0 Å². The van der Waals surface area contributed by atoms with Gasteiger partial charge in [0.15, 0.2) is 17.3 Å². The Kier molecular flexibility index (Phi) is 3.96. The second kappa shape index (κ2) is 6.47. The van der Waals surface area contributed by atoms with Gasteiger partial charge in [-0.25, -0.2) is 13.8 Å². The van der Waals surface area contributed by atoms with Crippen molar-refractivity contribution in [2.75, 3.05) is 5.32 Å². The summed E-state index contributed by atoms with van der Waals surface area (Å²) >= 11 is 0. The van der Waals surface area contributed by atoms with E-state index in [-0.39, 0.29) is 28.3 Å². The van der Waals surface area contributed by atoms with E-state index in [0.29, 0.717) is 36.3 Å². The van der Waals surface area contributed by atoms with Crippen molar-refractivity contribution in [1.29, 1.82) is 10.5 Å². The number of aromatic amines is 1. The number of imidazole rings is 1. The van der Waals surface area contributed by atoms with Gasteiger partial charge >= 0.3 is 0 Å². The molecule has 1 aromatic carbocycles. The van der Waals surface area contributed by atoms with Crippen LogP contribution in [0.2, 0.25) is 0 Å². The Balaban J connectivity index is 1.49. The molecule has 0 unspecified atom stereocenters. The number of ether oxygens (including phenoxy) is 1. The van der Waals surface area contributed by atoms with E-state index in [4.69, 9.17) is 10.00 Å². The first-order valence-corrected chi connectivity index (χ1v) is 9.51. The number of hydrogen-bond donors (Lipinski definition) is 2. The van der Waals surface area contributed by atoms with Crippen LogP contribution in [-0.2, 0) is 0 Å². The van der Waals surface area contributed by atoms with Gasteiger partial charge in [0, 0.05) is 11.6 Å². The fourth-order valence-electron chi connectivity index (χ4n) is 4.40. The van der Waals surface area contributed by atoms with Gasteiger partial charge in [0.05, 0.1) is 17.6 Å². The van der Waals surface area contributed by atoms with Gasteiger partial charge < -0.3 is 15.0 Å². The summed E-state index contributed by atoms with van der Waals surface area (Å²) in [7, 11) is 0. The number of H-pyrrole nitrogens is 1. The Hall–Kier alpha value is -4.05. The minimum atomic E-state index is -0.939. The molecule has 0 spiro atoms. The molecule has 3 fully saturated rings. The highest BCUT2D eigenvalue weighted by molar-refractivity contribution is 5.78. The van der Waals surface area contributed by atoms with Crippen molar-refractivity contribution in [2.24, 2.45) is 5.41 Å². The maximum absolute atomic E-state index is 14.6. The van der Waals surface area contributed by atoms with Crippen molar-refractivity contribution in [1.82, 2.24) is 19.9 Å². The van der Waals surface area contributed by atoms with E-state index in [1.165, 1.54) is 6.08 Å². The van der Waals surface area contributed by atoms with Crippen LogP contribution in [0.4, 0.5) is 14.7 Å². The Morgan fingerprint density at radius 2 is 1.87 bits per heavy atom. The molecule has 0 amide bonds. The third-order valence-corrected chi connectivity index (χ3v) is 5.65. The summed E-state index contributed by atoms with van der Waals surface area (Å²) in [4.78, 5) is 15.9. The molecule has 0 saturated heterocycles. The molecule has 2 heterocycles. The molecule has 3 saturated carbocycles. The van der Waals surface area contributed by atoms with Gasteiger partial charge in [-0.1, -0.05) is 0 Å². The van der Waals surface area contributed by atoms with E-state index in [0.717, 1.165) is 18.2 Å². The molecule has 2 bridgehead atoms. The third kappa shape index (κ3) is 3.04. The zero-order valence-corrected chi connectivity index (χ0v) is 16.3. The zero-order valence-electron chi connectivity index (χ0n) is 16.3. The van der Waals surface area contributed by atoms with Gasteiger partial charge in [0.25, 0.3) is 5.88 Å². The number of nitriles is 2. The molecule has 10 heteroatoms. The highest BCUT2D eigenvalue weighted by atomic mass is 19.1. The predicted octanol–water partition coefficient (Wildman–Crippen LogP) is 4.13. The summed E-state index contributed by atoms with van der Waals surface area (Å²) in [5.41, 5.74) is 0.291. The highest BCUT2D eigenvalue weighted by Gasteiger charge is 2.69. The van der Waals surface area contributed by atoms with E-state index in [1.54, 1.807) is 13.0 Å². The number of benzene rings is 1. The normalized spacial score (nSPS) is 23.6. The summed E-state index contributed by atoms with van der Waals surface area (Å²) in [5, 5.41) is 21.0. The fourth-order valence-corrected chi connectivity index (χ4v) is 4.40. The van der Waals surface area contributed by atoms with Gasteiger partial charge in [0.2, 0.25) is 11.7 Å². The summed E-state index contributed by atoms with van der Waals surface area (Å²) in [6.45, 7) is 1.72. The van der Waals surface area contributed by atoms with Gasteiger partial charge in [-0.3, -0.25) is 0 Å². The lowest BCUT2D eigenvalue weighted by molar-refractivity contribution is -0.0665. The molecule has 0 aliphatic heterocycles. The fraction of sp³-hybridized carbons (Fsp3) is 0.286. The number of halogens is 2. The highest BCUT2D eigenvalue weighted by Crippen LogP contribution is 2.67. The number of allylic oxidation sites excluding steroid dienone is 1. The summed E-state index contributed by atoms with van der Waals surface area (Å²) in [6.07, 6.45) is 4.52. The second-order valence-electron chi connectivity index (χ2n) is 8.08. The van der Waals surface area contributed by atoms with Crippen LogP contribution < -0.4 is 10.1 Å². The number of anilines is 1. The van der Waals surface area contributed by atoms with Crippen LogP contribution in [0.5, 0.6) is 11.6 Å². The molecule has 8 nitrogen and oxygen atoms in total. The smallest absolute Gasteiger partial charge is 0.250 e. The average molecular weight is 419 g/mol. The molecular weight excluding hydrogens is 404 g/mol. The summed E-state index contributed by atoms with van der Waals surface area (Å²) in [6, 6.07) is 6.22. The molecule has 0 radical (unpaired) electrons. The quantitative estimate of drug-likeness (QED) is 0.596. The first kappa shape index (κ1) is 18.9.